The Bertz CT molecular complexity index is 314. The van der Waals surface area contributed by atoms with Gasteiger partial charge >= 0.3 is 0 Å². The number of unbranched alkanes of at least 4 members (excludes halogenated alkanes) is 2. The molecule has 0 aliphatic rings. The van der Waals surface area contributed by atoms with Crippen molar-refractivity contribution in [3.8, 4) is 0 Å². The van der Waals surface area contributed by atoms with Crippen LogP contribution in [0.25, 0.3) is 0 Å². The van der Waals surface area contributed by atoms with Gasteiger partial charge in [-0.25, -0.2) is 0 Å². The summed E-state index contributed by atoms with van der Waals surface area (Å²) in [4.78, 5) is 12.3. The monoisotopic (exact) mass is 353 g/mol. The molecule has 2 nitrogen and oxygen atoms in total. The second-order valence-corrected chi connectivity index (χ2v) is 6.37. The van der Waals surface area contributed by atoms with Crippen LogP contribution in [0.15, 0.2) is 15.9 Å². The van der Waals surface area contributed by atoms with Gasteiger partial charge in [-0.15, -0.1) is 11.3 Å². The maximum Gasteiger partial charge on any atom is 0.261 e. The molecule has 15 heavy (non-hydrogen) atoms. The second-order valence-electron chi connectivity index (χ2n) is 3.11. The Labute approximate surface area is 111 Å². The average Bonchev–Trinajstić information content (AvgIpc) is 2.64. The fourth-order valence-electron chi connectivity index (χ4n) is 1.12. The van der Waals surface area contributed by atoms with E-state index in [1.165, 1.54) is 17.8 Å². The Morgan fingerprint density at radius 3 is 2.73 bits per heavy atom. The summed E-state index contributed by atoms with van der Waals surface area (Å²) in [5.41, 5.74) is 0. The first-order valence-corrected chi connectivity index (χ1v) is 7.56. The molecule has 1 aromatic rings. The van der Waals surface area contributed by atoms with Crippen molar-refractivity contribution in [1.29, 1.82) is 0 Å². The highest BCUT2D eigenvalue weighted by atomic mass is 79.9. The Hall–Kier alpha value is 0.130. The molecule has 0 spiro atoms. The number of nitrogens with one attached hydrogen (secondary N) is 1. The molecule has 0 bridgehead atoms. The minimum atomic E-state index is 0.0320. The smallest absolute Gasteiger partial charge is 0.261 e. The number of carbonyl (C=O) groups is 1. The topological polar surface area (TPSA) is 29.1 Å². The number of hydrogen-bond donors (Lipinski definition) is 1. The van der Waals surface area contributed by atoms with E-state index < -0.39 is 0 Å². The van der Waals surface area contributed by atoms with E-state index in [-0.39, 0.29) is 5.91 Å². The Morgan fingerprint density at radius 1 is 1.33 bits per heavy atom. The van der Waals surface area contributed by atoms with E-state index in [1.54, 1.807) is 0 Å². The zero-order valence-corrected chi connectivity index (χ0v) is 12.3. The molecular formula is C10H13Br2NOS. The van der Waals surface area contributed by atoms with Crippen LogP contribution in [0.2, 0.25) is 0 Å². The Balaban J connectivity index is 2.19. The van der Waals surface area contributed by atoms with Gasteiger partial charge in [-0.2, -0.15) is 0 Å². The van der Waals surface area contributed by atoms with Crippen LogP contribution in [0.5, 0.6) is 0 Å². The predicted molar refractivity (Wildman–Crippen MR) is 72.0 cm³/mol. The number of carbonyl (C=O) groups excluding carboxylic acids is 1. The normalized spacial score (nSPS) is 10.3. The van der Waals surface area contributed by atoms with E-state index in [0.717, 1.165) is 33.4 Å². The van der Waals surface area contributed by atoms with E-state index in [4.69, 9.17) is 0 Å². The van der Waals surface area contributed by atoms with Crippen LogP contribution >= 0.6 is 43.2 Å². The van der Waals surface area contributed by atoms with Gasteiger partial charge < -0.3 is 5.32 Å². The third kappa shape index (κ3) is 5.13. The van der Waals surface area contributed by atoms with E-state index in [2.05, 4.69) is 37.2 Å². The molecule has 0 aromatic carbocycles. The van der Waals surface area contributed by atoms with Gasteiger partial charge in [-0.3, -0.25) is 4.79 Å². The van der Waals surface area contributed by atoms with Crippen molar-refractivity contribution < 1.29 is 4.79 Å². The van der Waals surface area contributed by atoms with Crippen molar-refractivity contribution in [2.45, 2.75) is 19.3 Å². The molecule has 0 fully saturated rings. The van der Waals surface area contributed by atoms with Gasteiger partial charge in [0.15, 0.2) is 0 Å². The summed E-state index contributed by atoms with van der Waals surface area (Å²) >= 11 is 8.18. The van der Waals surface area contributed by atoms with Crippen molar-refractivity contribution >= 4 is 49.1 Å². The molecule has 0 aliphatic carbocycles. The molecule has 1 heterocycles. The van der Waals surface area contributed by atoms with Crippen LogP contribution in [-0.4, -0.2) is 17.8 Å². The van der Waals surface area contributed by atoms with Crippen LogP contribution in [0.4, 0.5) is 0 Å². The summed E-state index contributed by atoms with van der Waals surface area (Å²) in [5.74, 6) is 0.0320. The number of amides is 1. The molecular weight excluding hydrogens is 342 g/mol. The Morgan fingerprint density at radius 2 is 2.13 bits per heavy atom. The SMILES string of the molecule is O=C(NCCCCCBr)c1ccc(Br)s1. The summed E-state index contributed by atoms with van der Waals surface area (Å²) in [6, 6.07) is 3.73. The van der Waals surface area contributed by atoms with Gasteiger partial charge in [0.2, 0.25) is 0 Å². The lowest BCUT2D eigenvalue weighted by atomic mass is 10.2. The standard InChI is InChI=1S/C10H13Br2NOS/c11-6-2-1-3-7-13-10(14)8-4-5-9(12)15-8/h4-5H,1-3,6-7H2,(H,13,14). The molecule has 0 unspecified atom stereocenters. The minimum absolute atomic E-state index is 0.0320. The van der Waals surface area contributed by atoms with Crippen LogP contribution in [0.1, 0.15) is 28.9 Å². The van der Waals surface area contributed by atoms with E-state index in [1.807, 2.05) is 12.1 Å². The molecule has 84 valence electrons. The maximum absolute atomic E-state index is 11.6. The highest BCUT2D eigenvalue weighted by molar-refractivity contribution is 9.11. The zero-order chi connectivity index (χ0) is 11.1. The van der Waals surface area contributed by atoms with Gasteiger partial charge in [-0.1, -0.05) is 22.4 Å². The summed E-state index contributed by atoms with van der Waals surface area (Å²) in [6.07, 6.45) is 3.37. The summed E-state index contributed by atoms with van der Waals surface area (Å²) in [7, 11) is 0. The third-order valence-corrected chi connectivity index (χ3v) is 4.08. The quantitative estimate of drug-likeness (QED) is 0.610. The first-order valence-electron chi connectivity index (χ1n) is 4.83. The molecule has 0 radical (unpaired) electrons. The Kier molecular flexibility index (Phi) is 6.52. The van der Waals surface area contributed by atoms with Crippen LogP contribution < -0.4 is 5.32 Å². The van der Waals surface area contributed by atoms with Crippen molar-refractivity contribution in [3.63, 3.8) is 0 Å². The first kappa shape index (κ1) is 13.2. The fourth-order valence-corrected chi connectivity index (χ4v) is 2.82. The number of thiophene rings is 1. The summed E-state index contributed by atoms with van der Waals surface area (Å²) < 4.78 is 0.993. The van der Waals surface area contributed by atoms with E-state index in [9.17, 15) is 4.79 Å². The van der Waals surface area contributed by atoms with Crippen LogP contribution in [-0.2, 0) is 0 Å². The highest BCUT2D eigenvalue weighted by Crippen LogP contribution is 2.21. The largest absolute Gasteiger partial charge is 0.351 e. The van der Waals surface area contributed by atoms with Crippen LogP contribution in [0, 0.1) is 0 Å². The second kappa shape index (κ2) is 7.41. The molecule has 0 aliphatic heterocycles. The van der Waals surface area contributed by atoms with Crippen molar-refractivity contribution in [2.24, 2.45) is 0 Å². The molecule has 1 N–H and O–H groups in total. The lowest BCUT2D eigenvalue weighted by Crippen LogP contribution is -2.23. The van der Waals surface area contributed by atoms with Gasteiger partial charge in [0.1, 0.15) is 0 Å². The first-order chi connectivity index (χ1) is 7.24. The molecule has 0 saturated carbocycles. The lowest BCUT2D eigenvalue weighted by Gasteiger charge is -2.02. The number of hydrogen-bond acceptors (Lipinski definition) is 2. The van der Waals surface area contributed by atoms with Gasteiger partial charge in [0.25, 0.3) is 5.91 Å². The predicted octanol–water partition coefficient (Wildman–Crippen LogP) is 3.81. The lowest BCUT2D eigenvalue weighted by molar-refractivity contribution is 0.0957. The number of halogens is 2. The number of alkyl halides is 1. The van der Waals surface area contributed by atoms with E-state index in [0.29, 0.717) is 0 Å². The highest BCUT2D eigenvalue weighted by Gasteiger charge is 2.06. The minimum Gasteiger partial charge on any atom is -0.351 e. The zero-order valence-electron chi connectivity index (χ0n) is 8.26. The van der Waals surface area contributed by atoms with Gasteiger partial charge in [-0.05, 0) is 40.9 Å². The molecule has 0 saturated heterocycles. The molecule has 0 atom stereocenters. The summed E-state index contributed by atoms with van der Waals surface area (Å²) in [5, 5.41) is 3.95. The van der Waals surface area contributed by atoms with Gasteiger partial charge in [0.05, 0.1) is 8.66 Å². The molecule has 1 amide bonds. The fraction of sp³-hybridized carbons (Fsp3) is 0.500. The molecule has 5 heteroatoms. The van der Waals surface area contributed by atoms with E-state index >= 15 is 0 Å². The average molecular weight is 355 g/mol. The molecule has 1 rings (SSSR count). The summed E-state index contributed by atoms with van der Waals surface area (Å²) in [6.45, 7) is 0.765. The third-order valence-electron chi connectivity index (χ3n) is 1.89. The van der Waals surface area contributed by atoms with Crippen LogP contribution in [0.3, 0.4) is 0 Å². The van der Waals surface area contributed by atoms with Gasteiger partial charge in [0, 0.05) is 11.9 Å². The number of rotatable bonds is 6. The van der Waals surface area contributed by atoms with Crippen molar-refractivity contribution in [3.05, 3.63) is 20.8 Å². The van der Waals surface area contributed by atoms with Crippen molar-refractivity contribution in [2.75, 3.05) is 11.9 Å². The van der Waals surface area contributed by atoms with Crippen molar-refractivity contribution in [1.82, 2.24) is 5.32 Å². The maximum atomic E-state index is 11.6. The molecule has 1 aromatic heterocycles.